The molecule has 1 unspecified atom stereocenters. The van der Waals surface area contributed by atoms with E-state index in [2.05, 4.69) is 78.0 Å². The van der Waals surface area contributed by atoms with Crippen LogP contribution in [0.2, 0.25) is 0 Å². The predicted molar refractivity (Wildman–Crippen MR) is 99.8 cm³/mol. The maximum absolute atomic E-state index is 3.58. The summed E-state index contributed by atoms with van der Waals surface area (Å²) in [5.74, 6) is 0. The molecule has 0 saturated carbocycles. The summed E-state index contributed by atoms with van der Waals surface area (Å²) in [6.07, 6.45) is 6.59. The smallest absolute Gasteiger partial charge is 0.0309 e. The van der Waals surface area contributed by atoms with Gasteiger partial charge in [-0.25, -0.2) is 0 Å². The minimum absolute atomic E-state index is 0.197. The van der Waals surface area contributed by atoms with E-state index in [1.165, 1.54) is 47.9 Å². The third kappa shape index (κ3) is 4.67. The van der Waals surface area contributed by atoms with E-state index in [0.717, 1.165) is 6.42 Å². The van der Waals surface area contributed by atoms with Crippen molar-refractivity contribution in [3.63, 3.8) is 0 Å². The van der Waals surface area contributed by atoms with Gasteiger partial charge in [0, 0.05) is 15.2 Å². The van der Waals surface area contributed by atoms with Crippen molar-refractivity contribution in [3.05, 3.63) is 33.4 Å². The number of likely N-dealkylation sites (N-methyl/N-ethyl adjacent to an activating group) is 1. The van der Waals surface area contributed by atoms with Crippen molar-refractivity contribution in [2.24, 2.45) is 0 Å². The summed E-state index contributed by atoms with van der Waals surface area (Å²) in [6, 6.07) is 9.44. The third-order valence-electron chi connectivity index (χ3n) is 4.98. The monoisotopic (exact) mass is 400 g/mol. The highest BCUT2D eigenvalue weighted by Gasteiger charge is 2.34. The van der Waals surface area contributed by atoms with E-state index in [1.807, 2.05) is 0 Å². The molecule has 0 aromatic heterocycles. The summed E-state index contributed by atoms with van der Waals surface area (Å²) in [6.45, 7) is 7.31. The van der Waals surface area contributed by atoms with Crippen LogP contribution >= 0.6 is 22.6 Å². The van der Waals surface area contributed by atoms with Gasteiger partial charge in [0.15, 0.2) is 0 Å². The number of likely N-dealkylation sites (tertiary alicyclic amines) is 1. The van der Waals surface area contributed by atoms with Crippen molar-refractivity contribution in [1.82, 2.24) is 10.2 Å². The second-order valence-corrected chi connectivity index (χ2v) is 7.97. The molecule has 1 saturated heterocycles. The van der Waals surface area contributed by atoms with Crippen molar-refractivity contribution in [2.45, 2.75) is 57.5 Å². The van der Waals surface area contributed by atoms with E-state index in [9.17, 15) is 0 Å². The highest BCUT2D eigenvalue weighted by molar-refractivity contribution is 14.1. The van der Waals surface area contributed by atoms with Gasteiger partial charge in [-0.3, -0.25) is 4.90 Å². The summed E-state index contributed by atoms with van der Waals surface area (Å²) < 4.78 is 1.31. The van der Waals surface area contributed by atoms with Crippen LogP contribution in [0.4, 0.5) is 0 Å². The fourth-order valence-corrected chi connectivity index (χ4v) is 3.79. The van der Waals surface area contributed by atoms with Crippen molar-refractivity contribution in [3.8, 4) is 0 Å². The summed E-state index contributed by atoms with van der Waals surface area (Å²) >= 11 is 2.37. The number of hydrogen-bond acceptors (Lipinski definition) is 2. The van der Waals surface area contributed by atoms with Gasteiger partial charge in [0.2, 0.25) is 0 Å². The molecular formula is C18H29IN2. The first kappa shape index (κ1) is 17.2. The quantitative estimate of drug-likeness (QED) is 0.750. The van der Waals surface area contributed by atoms with E-state index < -0.39 is 0 Å². The normalized spacial score (nSPS) is 19.2. The molecule has 2 rings (SSSR count). The van der Waals surface area contributed by atoms with Crippen LogP contribution in [0.25, 0.3) is 0 Å². The summed E-state index contributed by atoms with van der Waals surface area (Å²) in [7, 11) is 2.11. The van der Waals surface area contributed by atoms with Crippen molar-refractivity contribution in [1.29, 1.82) is 0 Å². The van der Waals surface area contributed by atoms with Gasteiger partial charge < -0.3 is 5.32 Å². The number of benzene rings is 1. The fourth-order valence-electron chi connectivity index (χ4n) is 3.43. The Morgan fingerprint density at radius 2 is 1.67 bits per heavy atom. The molecule has 1 aliphatic heterocycles. The molecule has 1 aromatic rings. The SMILES string of the molecule is CNC(Cc1ccc(I)cc1)C(C)(C)N1CCCCCC1. The topological polar surface area (TPSA) is 15.3 Å². The van der Waals surface area contributed by atoms with E-state index in [1.54, 1.807) is 0 Å². The number of rotatable bonds is 5. The fraction of sp³-hybridized carbons (Fsp3) is 0.667. The zero-order valence-electron chi connectivity index (χ0n) is 13.7. The summed E-state index contributed by atoms with van der Waals surface area (Å²) in [5, 5.41) is 3.58. The maximum Gasteiger partial charge on any atom is 0.0309 e. The van der Waals surface area contributed by atoms with Crippen LogP contribution in [0.15, 0.2) is 24.3 Å². The molecule has 0 amide bonds. The van der Waals surface area contributed by atoms with Crippen LogP contribution in [-0.2, 0) is 6.42 Å². The highest BCUT2D eigenvalue weighted by atomic mass is 127. The van der Waals surface area contributed by atoms with Crippen LogP contribution in [0, 0.1) is 3.57 Å². The molecule has 118 valence electrons. The van der Waals surface area contributed by atoms with E-state index in [0.29, 0.717) is 6.04 Å². The lowest BCUT2D eigenvalue weighted by molar-refractivity contribution is 0.0865. The summed E-state index contributed by atoms with van der Waals surface area (Å²) in [5.41, 5.74) is 1.62. The lowest BCUT2D eigenvalue weighted by Crippen LogP contribution is -2.58. The zero-order valence-corrected chi connectivity index (χ0v) is 15.8. The highest BCUT2D eigenvalue weighted by Crippen LogP contribution is 2.25. The molecule has 21 heavy (non-hydrogen) atoms. The molecule has 1 aromatic carbocycles. The van der Waals surface area contributed by atoms with Gasteiger partial charge in [-0.05, 0) is 93.5 Å². The number of hydrogen-bond donors (Lipinski definition) is 1. The Kier molecular flexibility index (Phi) is 6.51. The molecule has 3 heteroatoms. The third-order valence-corrected chi connectivity index (χ3v) is 5.69. The van der Waals surface area contributed by atoms with Crippen LogP contribution < -0.4 is 5.32 Å². The average molecular weight is 400 g/mol. The van der Waals surface area contributed by atoms with Crippen LogP contribution in [-0.4, -0.2) is 36.6 Å². The van der Waals surface area contributed by atoms with E-state index >= 15 is 0 Å². The molecule has 1 fully saturated rings. The first-order valence-corrected chi connectivity index (χ1v) is 9.28. The zero-order chi connectivity index (χ0) is 15.3. The number of halogens is 1. The van der Waals surface area contributed by atoms with Gasteiger partial charge in [0.25, 0.3) is 0 Å². The Morgan fingerprint density at radius 1 is 1.10 bits per heavy atom. The van der Waals surface area contributed by atoms with Gasteiger partial charge in [-0.15, -0.1) is 0 Å². The van der Waals surface area contributed by atoms with Crippen LogP contribution in [0.1, 0.15) is 45.1 Å². The molecule has 0 bridgehead atoms. The Bertz CT molecular complexity index is 419. The van der Waals surface area contributed by atoms with Gasteiger partial charge >= 0.3 is 0 Å². The maximum atomic E-state index is 3.58. The Morgan fingerprint density at radius 3 is 2.19 bits per heavy atom. The van der Waals surface area contributed by atoms with E-state index in [4.69, 9.17) is 0 Å². The molecule has 0 aliphatic carbocycles. The largest absolute Gasteiger partial charge is 0.315 e. The molecular weight excluding hydrogens is 371 g/mol. The molecule has 1 aliphatic rings. The first-order chi connectivity index (χ1) is 10.0. The molecule has 1 N–H and O–H groups in total. The van der Waals surface area contributed by atoms with Gasteiger partial charge in [0.1, 0.15) is 0 Å². The summed E-state index contributed by atoms with van der Waals surface area (Å²) in [4.78, 5) is 2.70. The van der Waals surface area contributed by atoms with Crippen LogP contribution in [0.3, 0.4) is 0 Å². The lowest BCUT2D eigenvalue weighted by atomic mass is 9.87. The Hall–Kier alpha value is -0.130. The molecule has 1 heterocycles. The molecule has 0 radical (unpaired) electrons. The van der Waals surface area contributed by atoms with Gasteiger partial charge in [0.05, 0.1) is 0 Å². The lowest BCUT2D eigenvalue weighted by Gasteiger charge is -2.44. The number of nitrogens with zero attached hydrogens (tertiary/aromatic N) is 1. The van der Waals surface area contributed by atoms with Crippen molar-refractivity contribution < 1.29 is 0 Å². The first-order valence-electron chi connectivity index (χ1n) is 8.21. The van der Waals surface area contributed by atoms with Crippen molar-refractivity contribution in [2.75, 3.05) is 20.1 Å². The average Bonchev–Trinajstić information content (AvgIpc) is 2.76. The second kappa shape index (κ2) is 7.93. The second-order valence-electron chi connectivity index (χ2n) is 6.73. The predicted octanol–water partition coefficient (Wildman–Crippen LogP) is 4.08. The number of nitrogens with one attached hydrogen (secondary N) is 1. The van der Waals surface area contributed by atoms with Crippen molar-refractivity contribution >= 4 is 22.6 Å². The molecule has 2 nitrogen and oxygen atoms in total. The Labute approximate surface area is 143 Å². The van der Waals surface area contributed by atoms with Gasteiger partial charge in [-0.2, -0.15) is 0 Å². The molecule has 0 spiro atoms. The minimum atomic E-state index is 0.197. The van der Waals surface area contributed by atoms with E-state index in [-0.39, 0.29) is 5.54 Å². The molecule has 1 atom stereocenters. The van der Waals surface area contributed by atoms with Crippen LogP contribution in [0.5, 0.6) is 0 Å². The van der Waals surface area contributed by atoms with Gasteiger partial charge in [-0.1, -0.05) is 25.0 Å². The minimum Gasteiger partial charge on any atom is -0.315 e. The standard InChI is InChI=1S/C18H29IN2/c1-18(2,21-12-6-4-5-7-13-21)17(20-3)14-15-8-10-16(19)11-9-15/h8-11,17,20H,4-7,12-14H2,1-3H3. The Balaban J connectivity index is 2.08.